The molecule has 9 heteroatoms. The molecule has 0 unspecified atom stereocenters. The van der Waals surface area contributed by atoms with E-state index >= 15 is 0 Å². The first-order valence-electron chi connectivity index (χ1n) is 7.82. The van der Waals surface area contributed by atoms with Gasteiger partial charge in [-0.1, -0.05) is 0 Å². The van der Waals surface area contributed by atoms with E-state index in [9.17, 15) is 15.2 Å². The summed E-state index contributed by atoms with van der Waals surface area (Å²) < 4.78 is 6.15. The minimum Gasteiger partial charge on any atom is -0.622 e. The van der Waals surface area contributed by atoms with E-state index in [2.05, 4.69) is 10.5 Å². The molecule has 0 saturated heterocycles. The van der Waals surface area contributed by atoms with Crippen molar-refractivity contribution in [2.45, 2.75) is 50.7 Å². The maximum atomic E-state index is 13.3. The third-order valence-electron chi connectivity index (χ3n) is 4.71. The smallest absolute Gasteiger partial charge is 0.332 e. The van der Waals surface area contributed by atoms with Gasteiger partial charge in [0.25, 0.3) is 11.4 Å². The molecule has 0 bridgehead atoms. The summed E-state index contributed by atoms with van der Waals surface area (Å²) in [6.07, 6.45) is 3.87. The monoisotopic (exact) mass is 335 g/mol. The Morgan fingerprint density at radius 2 is 2.29 bits per heavy atom. The van der Waals surface area contributed by atoms with E-state index in [-0.39, 0.29) is 0 Å². The molecule has 2 amide bonds. The van der Waals surface area contributed by atoms with Gasteiger partial charge in [0.1, 0.15) is 11.3 Å². The van der Waals surface area contributed by atoms with Gasteiger partial charge in [-0.3, -0.25) is 0 Å². The largest absolute Gasteiger partial charge is 0.622 e. The standard InChI is InChI=1S/C15H21N5O4/c1-14(2)12(10-6-5-9-24-10)19(22)15(20(14)23)8-4-3-7-11(15)17-18-13(16)21/h5-6,9,23H,3-4,7-8H2,1-2H3,(H3,16,18,21)/t15-/m1/s1. The molecule has 1 aromatic rings. The molecule has 4 N–H and O–H groups in total. The zero-order valence-corrected chi connectivity index (χ0v) is 13.7. The van der Waals surface area contributed by atoms with Crippen molar-refractivity contribution < 1.29 is 19.2 Å². The van der Waals surface area contributed by atoms with E-state index in [4.69, 9.17) is 10.2 Å². The quantitative estimate of drug-likeness (QED) is 0.427. The average Bonchev–Trinajstić information content (AvgIpc) is 3.09. The van der Waals surface area contributed by atoms with Crippen LogP contribution in [-0.2, 0) is 0 Å². The lowest BCUT2D eigenvalue weighted by Crippen LogP contribution is -2.61. The first-order chi connectivity index (χ1) is 11.3. The Balaban J connectivity index is 2.17. The molecule has 1 aliphatic heterocycles. The molecule has 1 aromatic heterocycles. The Kier molecular flexibility index (Phi) is 3.84. The number of urea groups is 1. The minimum atomic E-state index is -1.38. The lowest BCUT2D eigenvalue weighted by molar-refractivity contribution is -0.568. The number of hydrazone groups is 1. The second-order valence-electron chi connectivity index (χ2n) is 6.55. The number of nitrogens with one attached hydrogen (secondary N) is 1. The molecule has 2 heterocycles. The molecular formula is C15H21N5O4. The van der Waals surface area contributed by atoms with Crippen molar-refractivity contribution in [3.63, 3.8) is 0 Å². The summed E-state index contributed by atoms with van der Waals surface area (Å²) in [4.78, 5) is 11.0. The first-order valence-corrected chi connectivity index (χ1v) is 7.82. The SMILES string of the molecule is CC1(C)C(c2ccco2)=[N+]([O-])[C@]2(CCCCC2=NNC(N)=O)N1O. The van der Waals surface area contributed by atoms with Crippen LogP contribution in [0.5, 0.6) is 0 Å². The molecule has 130 valence electrons. The number of furan rings is 1. The van der Waals surface area contributed by atoms with Crippen LogP contribution in [0.25, 0.3) is 0 Å². The van der Waals surface area contributed by atoms with Crippen LogP contribution in [0, 0.1) is 5.21 Å². The lowest BCUT2D eigenvalue weighted by Gasteiger charge is -2.38. The van der Waals surface area contributed by atoms with Crippen molar-refractivity contribution in [3.05, 3.63) is 29.4 Å². The highest BCUT2D eigenvalue weighted by Crippen LogP contribution is 2.42. The number of nitrogens with two attached hydrogens (primary N) is 1. The molecule has 24 heavy (non-hydrogen) atoms. The van der Waals surface area contributed by atoms with E-state index in [1.165, 1.54) is 6.26 Å². The Morgan fingerprint density at radius 1 is 1.54 bits per heavy atom. The molecule has 1 aliphatic carbocycles. The Hall–Kier alpha value is -2.39. The van der Waals surface area contributed by atoms with Crippen LogP contribution in [0.2, 0.25) is 0 Å². The highest BCUT2D eigenvalue weighted by Gasteiger charge is 2.66. The van der Waals surface area contributed by atoms with Gasteiger partial charge in [-0.2, -0.15) is 9.84 Å². The van der Waals surface area contributed by atoms with Gasteiger partial charge < -0.3 is 20.6 Å². The van der Waals surface area contributed by atoms with E-state index in [1.54, 1.807) is 26.0 Å². The molecule has 1 spiro atoms. The van der Waals surface area contributed by atoms with Crippen LogP contribution in [0.1, 0.15) is 45.3 Å². The Bertz CT molecular complexity index is 709. The summed E-state index contributed by atoms with van der Waals surface area (Å²) in [5.41, 5.74) is 5.56. The maximum Gasteiger partial charge on any atom is 0.332 e. The van der Waals surface area contributed by atoms with Gasteiger partial charge in [-0.25, -0.2) is 10.2 Å². The average molecular weight is 335 g/mol. The molecule has 3 rings (SSSR count). The topological polar surface area (TPSA) is 130 Å². The maximum absolute atomic E-state index is 13.3. The van der Waals surface area contributed by atoms with Gasteiger partial charge in [0.05, 0.1) is 6.26 Å². The molecule has 2 aliphatic rings. The van der Waals surface area contributed by atoms with Crippen molar-refractivity contribution in [1.29, 1.82) is 0 Å². The van der Waals surface area contributed by atoms with Crippen LogP contribution in [0.4, 0.5) is 4.79 Å². The van der Waals surface area contributed by atoms with Crippen molar-refractivity contribution in [1.82, 2.24) is 10.5 Å². The number of hydrogen-bond donors (Lipinski definition) is 3. The van der Waals surface area contributed by atoms with E-state index in [0.29, 0.717) is 30.0 Å². The molecule has 0 radical (unpaired) electrons. The summed E-state index contributed by atoms with van der Waals surface area (Å²) in [5.74, 6) is 0.388. The summed E-state index contributed by atoms with van der Waals surface area (Å²) in [6, 6.07) is 2.54. The van der Waals surface area contributed by atoms with Gasteiger partial charge in [0, 0.05) is 6.42 Å². The fourth-order valence-corrected chi connectivity index (χ4v) is 3.62. The zero-order chi connectivity index (χ0) is 17.5. The zero-order valence-electron chi connectivity index (χ0n) is 13.7. The number of primary amides is 1. The molecule has 1 atom stereocenters. The van der Waals surface area contributed by atoms with Gasteiger partial charge in [-0.15, -0.1) is 5.06 Å². The number of rotatable bonds is 2. The number of amides is 2. The number of nitrogens with zero attached hydrogens (tertiary/aromatic N) is 3. The number of hydroxylamine groups is 3. The van der Waals surface area contributed by atoms with Crippen LogP contribution < -0.4 is 11.2 Å². The van der Waals surface area contributed by atoms with Crippen molar-refractivity contribution in [2.75, 3.05) is 0 Å². The van der Waals surface area contributed by atoms with Crippen LogP contribution in [-0.4, -0.2) is 43.7 Å². The number of carbonyl (C=O) groups is 1. The van der Waals surface area contributed by atoms with Gasteiger partial charge in [-0.05, 0) is 45.2 Å². The lowest BCUT2D eigenvalue weighted by atomic mass is 9.86. The molecule has 9 nitrogen and oxygen atoms in total. The van der Waals surface area contributed by atoms with Crippen molar-refractivity contribution in [3.8, 4) is 0 Å². The number of carbonyl (C=O) groups excluding carboxylic acids is 1. The Morgan fingerprint density at radius 3 is 2.92 bits per heavy atom. The van der Waals surface area contributed by atoms with Crippen molar-refractivity contribution >= 4 is 17.5 Å². The van der Waals surface area contributed by atoms with Gasteiger partial charge >= 0.3 is 6.03 Å². The number of hydrogen-bond acceptors (Lipinski definition) is 6. The highest BCUT2D eigenvalue weighted by atomic mass is 16.6. The minimum absolute atomic E-state index is 0.309. The summed E-state index contributed by atoms with van der Waals surface area (Å²) >= 11 is 0. The second-order valence-corrected chi connectivity index (χ2v) is 6.55. The fraction of sp³-hybridized carbons (Fsp3) is 0.533. The highest BCUT2D eigenvalue weighted by molar-refractivity contribution is 6.05. The van der Waals surface area contributed by atoms with Gasteiger partial charge in [0.2, 0.25) is 0 Å². The van der Waals surface area contributed by atoms with E-state index < -0.39 is 17.2 Å². The predicted octanol–water partition coefficient (Wildman–Crippen LogP) is 1.36. The predicted molar refractivity (Wildman–Crippen MR) is 85.5 cm³/mol. The van der Waals surface area contributed by atoms with Crippen molar-refractivity contribution in [2.24, 2.45) is 10.8 Å². The molecule has 1 fully saturated rings. The first kappa shape index (κ1) is 16.5. The normalized spacial score (nSPS) is 28.7. The van der Waals surface area contributed by atoms with Crippen LogP contribution in [0.15, 0.2) is 27.9 Å². The van der Waals surface area contributed by atoms with E-state index in [1.807, 2.05) is 0 Å². The van der Waals surface area contributed by atoms with Crippen LogP contribution >= 0.6 is 0 Å². The Labute approximate surface area is 139 Å². The molecule has 1 saturated carbocycles. The summed E-state index contributed by atoms with van der Waals surface area (Å²) in [7, 11) is 0. The summed E-state index contributed by atoms with van der Waals surface area (Å²) in [6.45, 7) is 3.47. The third-order valence-corrected chi connectivity index (χ3v) is 4.71. The molecular weight excluding hydrogens is 314 g/mol. The van der Waals surface area contributed by atoms with Gasteiger partial charge in [0.15, 0.2) is 5.76 Å². The fourth-order valence-electron chi connectivity index (χ4n) is 3.62. The molecule has 0 aromatic carbocycles. The summed E-state index contributed by atoms with van der Waals surface area (Å²) in [5, 5.41) is 29.2. The van der Waals surface area contributed by atoms with Crippen LogP contribution in [0.3, 0.4) is 0 Å². The van der Waals surface area contributed by atoms with E-state index in [0.717, 1.165) is 22.6 Å². The second kappa shape index (κ2) is 5.60. The third kappa shape index (κ3) is 2.20.